The maximum atomic E-state index is 12.2. The zero-order valence-corrected chi connectivity index (χ0v) is 13.7. The molecule has 0 bridgehead atoms. The number of para-hydroxylation sites is 1. The lowest BCUT2D eigenvalue weighted by Gasteiger charge is -2.24. The van der Waals surface area contributed by atoms with E-state index in [1.54, 1.807) is 11.3 Å². The van der Waals surface area contributed by atoms with Crippen molar-refractivity contribution in [3.05, 3.63) is 46.7 Å². The average Bonchev–Trinajstić information content (AvgIpc) is 3.02. The van der Waals surface area contributed by atoms with E-state index < -0.39 is 0 Å². The highest BCUT2D eigenvalue weighted by Crippen LogP contribution is 2.36. The summed E-state index contributed by atoms with van der Waals surface area (Å²) in [5.41, 5.74) is 0.820. The minimum atomic E-state index is -0.384. The number of rotatable bonds is 4. The molecule has 2 N–H and O–H groups in total. The fraction of sp³-hybridized carbons (Fsp3) is 0.250. The Hall–Kier alpha value is -1.79. The van der Waals surface area contributed by atoms with Crippen molar-refractivity contribution in [2.45, 2.75) is 29.5 Å². The summed E-state index contributed by atoms with van der Waals surface area (Å²) in [6.07, 6.45) is 0.181. The Bertz CT molecular complexity index is 685. The lowest BCUT2D eigenvalue weighted by Crippen LogP contribution is -2.35. The van der Waals surface area contributed by atoms with Gasteiger partial charge in [-0.15, -0.1) is 23.1 Å². The second-order valence-electron chi connectivity index (χ2n) is 5.10. The molecule has 2 aromatic rings. The van der Waals surface area contributed by atoms with Crippen molar-refractivity contribution in [2.75, 3.05) is 5.32 Å². The molecule has 2 heterocycles. The number of amides is 2. The molecule has 0 fully saturated rings. The molecule has 2 atom stereocenters. The number of carbonyl (C=O) groups excluding carboxylic acids is 2. The first kappa shape index (κ1) is 15.1. The van der Waals surface area contributed by atoms with Crippen LogP contribution in [0.1, 0.15) is 24.3 Å². The molecular formula is C16H16N2O2S2. The molecule has 0 saturated heterocycles. The molecule has 1 aliphatic rings. The van der Waals surface area contributed by atoms with Crippen molar-refractivity contribution in [3.8, 4) is 0 Å². The van der Waals surface area contributed by atoms with Gasteiger partial charge in [0, 0.05) is 16.2 Å². The Balaban J connectivity index is 1.61. The van der Waals surface area contributed by atoms with Crippen LogP contribution in [-0.2, 0) is 9.59 Å². The highest BCUT2D eigenvalue weighted by molar-refractivity contribution is 8.01. The zero-order chi connectivity index (χ0) is 15.5. The predicted octanol–water partition coefficient (Wildman–Crippen LogP) is 3.43. The standard InChI is InChI=1S/C16H16N2O2S2/c1-10(12-7-4-8-21-12)17-15(19)9-14-16(20)18-11-5-2-3-6-13(11)22-14/h2-8,10,14H,9H2,1H3,(H,17,19)(H,18,20)/t10-,14-/m1/s1. The van der Waals surface area contributed by atoms with E-state index in [1.165, 1.54) is 11.8 Å². The number of hydrogen-bond acceptors (Lipinski definition) is 4. The third-order valence-electron chi connectivity index (χ3n) is 3.42. The number of nitrogens with one attached hydrogen (secondary N) is 2. The van der Waals surface area contributed by atoms with Crippen molar-refractivity contribution in [1.82, 2.24) is 5.32 Å². The van der Waals surface area contributed by atoms with Crippen molar-refractivity contribution in [3.63, 3.8) is 0 Å². The summed E-state index contributed by atoms with van der Waals surface area (Å²) < 4.78 is 0. The zero-order valence-electron chi connectivity index (χ0n) is 12.0. The first-order valence-electron chi connectivity index (χ1n) is 7.03. The maximum Gasteiger partial charge on any atom is 0.238 e. The molecule has 0 unspecified atom stereocenters. The smallest absolute Gasteiger partial charge is 0.238 e. The second-order valence-corrected chi connectivity index (χ2v) is 7.32. The van der Waals surface area contributed by atoms with Crippen LogP contribution in [0.2, 0.25) is 0 Å². The number of thioether (sulfide) groups is 1. The number of benzene rings is 1. The predicted molar refractivity (Wildman–Crippen MR) is 90.2 cm³/mol. The van der Waals surface area contributed by atoms with Crippen LogP contribution in [0.4, 0.5) is 5.69 Å². The third-order valence-corrected chi connectivity index (χ3v) is 5.76. The fourth-order valence-corrected chi connectivity index (χ4v) is 4.15. The highest BCUT2D eigenvalue weighted by Gasteiger charge is 2.29. The van der Waals surface area contributed by atoms with Crippen LogP contribution in [-0.4, -0.2) is 17.1 Å². The molecule has 3 rings (SSSR count). The van der Waals surface area contributed by atoms with Crippen molar-refractivity contribution in [2.24, 2.45) is 0 Å². The van der Waals surface area contributed by atoms with Gasteiger partial charge in [-0.2, -0.15) is 0 Å². The van der Waals surface area contributed by atoms with E-state index >= 15 is 0 Å². The van der Waals surface area contributed by atoms with Crippen LogP contribution in [0.3, 0.4) is 0 Å². The summed E-state index contributed by atoms with van der Waals surface area (Å²) in [5, 5.41) is 7.41. The molecule has 4 nitrogen and oxygen atoms in total. The van der Waals surface area contributed by atoms with E-state index in [0.717, 1.165) is 15.5 Å². The van der Waals surface area contributed by atoms with Gasteiger partial charge in [0.1, 0.15) is 0 Å². The SMILES string of the molecule is C[C@@H](NC(=O)C[C@H]1Sc2ccccc2NC1=O)c1cccs1. The number of anilines is 1. The van der Waals surface area contributed by atoms with Crippen LogP contribution < -0.4 is 10.6 Å². The summed E-state index contributed by atoms with van der Waals surface area (Å²) in [7, 11) is 0. The van der Waals surface area contributed by atoms with Crippen LogP contribution in [0, 0.1) is 0 Å². The van der Waals surface area contributed by atoms with E-state index in [0.29, 0.717) is 0 Å². The first-order chi connectivity index (χ1) is 10.6. The van der Waals surface area contributed by atoms with Crippen LogP contribution >= 0.6 is 23.1 Å². The molecule has 0 spiro atoms. The van der Waals surface area contributed by atoms with Gasteiger partial charge < -0.3 is 10.6 Å². The quantitative estimate of drug-likeness (QED) is 0.902. The lowest BCUT2D eigenvalue weighted by atomic mass is 10.2. The molecule has 22 heavy (non-hydrogen) atoms. The number of carbonyl (C=O) groups is 2. The van der Waals surface area contributed by atoms with Crippen molar-refractivity contribution >= 4 is 40.6 Å². The van der Waals surface area contributed by atoms with Crippen LogP contribution in [0.25, 0.3) is 0 Å². The van der Waals surface area contributed by atoms with Crippen LogP contribution in [0.5, 0.6) is 0 Å². The van der Waals surface area contributed by atoms with Gasteiger partial charge in [0.2, 0.25) is 11.8 Å². The van der Waals surface area contributed by atoms with Crippen molar-refractivity contribution in [1.29, 1.82) is 0 Å². The molecule has 1 aromatic carbocycles. The summed E-state index contributed by atoms with van der Waals surface area (Å²) in [5.74, 6) is -0.212. The Kier molecular flexibility index (Phi) is 4.49. The largest absolute Gasteiger partial charge is 0.349 e. The Labute approximate surface area is 137 Å². The molecule has 1 aromatic heterocycles. The second kappa shape index (κ2) is 6.54. The van der Waals surface area contributed by atoms with E-state index in [2.05, 4.69) is 10.6 Å². The monoisotopic (exact) mass is 332 g/mol. The molecule has 6 heteroatoms. The van der Waals surface area contributed by atoms with Gasteiger partial charge in [-0.1, -0.05) is 18.2 Å². The summed E-state index contributed by atoms with van der Waals surface area (Å²) >= 11 is 3.06. The van der Waals surface area contributed by atoms with E-state index in [9.17, 15) is 9.59 Å². The normalized spacial score (nSPS) is 18.2. The topological polar surface area (TPSA) is 58.2 Å². The summed E-state index contributed by atoms with van der Waals surface area (Å²) in [4.78, 5) is 26.4. The third kappa shape index (κ3) is 3.34. The Morgan fingerprint density at radius 1 is 1.32 bits per heavy atom. The molecule has 0 saturated carbocycles. The van der Waals surface area contributed by atoms with Gasteiger partial charge >= 0.3 is 0 Å². The van der Waals surface area contributed by atoms with Gasteiger partial charge in [-0.3, -0.25) is 9.59 Å². The molecule has 0 aliphatic carbocycles. The van der Waals surface area contributed by atoms with Crippen molar-refractivity contribution < 1.29 is 9.59 Å². The molecule has 114 valence electrons. The Morgan fingerprint density at radius 2 is 2.14 bits per heavy atom. The number of fused-ring (bicyclic) bond motifs is 1. The average molecular weight is 332 g/mol. The van der Waals surface area contributed by atoms with Gasteiger partial charge in [0.15, 0.2) is 0 Å². The highest BCUT2D eigenvalue weighted by atomic mass is 32.2. The first-order valence-corrected chi connectivity index (χ1v) is 8.79. The van der Waals surface area contributed by atoms with Gasteiger partial charge in [-0.05, 0) is 30.5 Å². The maximum absolute atomic E-state index is 12.2. The summed E-state index contributed by atoms with van der Waals surface area (Å²) in [6, 6.07) is 11.6. The van der Waals surface area contributed by atoms with E-state index in [-0.39, 0.29) is 29.5 Å². The number of thiophene rings is 1. The van der Waals surface area contributed by atoms with Gasteiger partial charge in [0.25, 0.3) is 0 Å². The molecule has 0 radical (unpaired) electrons. The fourth-order valence-electron chi connectivity index (χ4n) is 2.30. The van der Waals surface area contributed by atoms with Gasteiger partial charge in [0.05, 0.1) is 17.0 Å². The van der Waals surface area contributed by atoms with E-state index in [4.69, 9.17) is 0 Å². The lowest BCUT2D eigenvalue weighted by molar-refractivity contribution is -0.124. The van der Waals surface area contributed by atoms with Gasteiger partial charge in [-0.25, -0.2) is 0 Å². The Morgan fingerprint density at radius 3 is 2.91 bits per heavy atom. The minimum Gasteiger partial charge on any atom is -0.349 e. The minimum absolute atomic E-state index is 0.0311. The van der Waals surface area contributed by atoms with E-state index in [1.807, 2.05) is 48.7 Å². The van der Waals surface area contributed by atoms with Crippen LogP contribution in [0.15, 0.2) is 46.7 Å². The number of hydrogen-bond donors (Lipinski definition) is 2. The molecular weight excluding hydrogens is 316 g/mol. The molecule has 1 aliphatic heterocycles. The summed E-state index contributed by atoms with van der Waals surface area (Å²) in [6.45, 7) is 1.95. The molecule has 2 amide bonds.